The summed E-state index contributed by atoms with van der Waals surface area (Å²) in [5, 5.41) is 0. The van der Waals surface area contributed by atoms with E-state index >= 15 is 0 Å². The summed E-state index contributed by atoms with van der Waals surface area (Å²) in [6.45, 7) is 0. The molecule has 0 aromatic heterocycles. The van der Waals surface area contributed by atoms with E-state index < -0.39 is 35.6 Å². The Balaban J connectivity index is 1.50. The van der Waals surface area contributed by atoms with Crippen LogP contribution >= 0.6 is 0 Å². The van der Waals surface area contributed by atoms with Gasteiger partial charge < -0.3 is 4.90 Å². The van der Waals surface area contributed by atoms with Crippen molar-refractivity contribution in [2.45, 2.75) is 12.1 Å². The Morgan fingerprint density at radius 2 is 1.45 bits per heavy atom. The summed E-state index contributed by atoms with van der Waals surface area (Å²) >= 11 is 0. The Kier molecular flexibility index (Phi) is 4.30. The van der Waals surface area contributed by atoms with Gasteiger partial charge in [0.1, 0.15) is 11.9 Å². The molecule has 0 spiro atoms. The maximum atomic E-state index is 13.7. The lowest BCUT2D eigenvalue weighted by Gasteiger charge is -2.35. The Hall–Kier alpha value is -4.06. The molecular weight excluding hydrogens is 419 g/mol. The predicted octanol–water partition coefficient (Wildman–Crippen LogP) is 4.22. The quantitative estimate of drug-likeness (QED) is 0.454. The normalized spacial score (nSPS) is 25.1. The van der Waals surface area contributed by atoms with Crippen LogP contribution in [0.1, 0.15) is 27.5 Å². The van der Waals surface area contributed by atoms with E-state index in [9.17, 15) is 18.8 Å². The summed E-state index contributed by atoms with van der Waals surface area (Å²) in [7, 11) is 0. The summed E-state index contributed by atoms with van der Waals surface area (Å²) in [5.41, 5.74) is 2.69. The number of anilines is 1. The molecule has 4 atom stereocenters. The van der Waals surface area contributed by atoms with E-state index in [1.165, 1.54) is 24.3 Å². The van der Waals surface area contributed by atoms with Crippen LogP contribution in [0.3, 0.4) is 0 Å². The minimum Gasteiger partial charge on any atom is -0.358 e. The maximum absolute atomic E-state index is 13.7. The molecule has 2 saturated heterocycles. The number of benzene rings is 3. The first-order valence-corrected chi connectivity index (χ1v) is 10.8. The monoisotopic (exact) mass is 438 g/mol. The zero-order valence-electron chi connectivity index (χ0n) is 17.5. The molecule has 3 aromatic carbocycles. The number of carbonyl (C=O) groups is 3. The van der Waals surface area contributed by atoms with E-state index in [0.717, 1.165) is 16.0 Å². The molecule has 6 heteroatoms. The lowest BCUT2D eigenvalue weighted by molar-refractivity contribution is -0.123. The summed E-state index contributed by atoms with van der Waals surface area (Å²) in [4.78, 5) is 44.1. The van der Waals surface area contributed by atoms with Gasteiger partial charge in [-0.25, -0.2) is 9.29 Å². The largest absolute Gasteiger partial charge is 0.358 e. The third-order valence-corrected chi connectivity index (χ3v) is 6.87. The van der Waals surface area contributed by atoms with Crippen LogP contribution in [0.5, 0.6) is 0 Å². The lowest BCUT2D eigenvalue weighted by Crippen LogP contribution is -2.44. The van der Waals surface area contributed by atoms with Gasteiger partial charge in [0.2, 0.25) is 11.8 Å². The Morgan fingerprint density at radius 1 is 0.788 bits per heavy atom. The van der Waals surface area contributed by atoms with Crippen molar-refractivity contribution < 1.29 is 18.8 Å². The Morgan fingerprint density at radius 3 is 2.21 bits per heavy atom. The number of rotatable bonds is 3. The number of hydrogen-bond donors (Lipinski definition) is 0. The van der Waals surface area contributed by atoms with Gasteiger partial charge in [-0.3, -0.25) is 14.4 Å². The van der Waals surface area contributed by atoms with Crippen LogP contribution in [-0.4, -0.2) is 28.5 Å². The van der Waals surface area contributed by atoms with Gasteiger partial charge in [0, 0.05) is 11.8 Å². The zero-order chi connectivity index (χ0) is 22.7. The molecule has 33 heavy (non-hydrogen) atoms. The number of halogens is 1. The molecule has 3 aromatic rings. The van der Waals surface area contributed by atoms with Gasteiger partial charge in [0.25, 0.3) is 0 Å². The second-order valence-corrected chi connectivity index (χ2v) is 8.55. The molecule has 2 fully saturated rings. The van der Waals surface area contributed by atoms with E-state index in [0.29, 0.717) is 11.3 Å². The number of carbonyl (C=O) groups excluding carboxylic acids is 3. The van der Waals surface area contributed by atoms with Crippen molar-refractivity contribution in [1.29, 1.82) is 0 Å². The first kappa shape index (κ1) is 19.6. The molecule has 0 saturated carbocycles. The molecule has 3 heterocycles. The summed E-state index contributed by atoms with van der Waals surface area (Å²) in [6, 6.07) is 20.6. The highest BCUT2D eigenvalue weighted by molar-refractivity contribution is 6.24. The summed E-state index contributed by atoms with van der Waals surface area (Å²) in [5.74, 6) is -2.99. The Labute approximate surface area is 189 Å². The van der Waals surface area contributed by atoms with Crippen molar-refractivity contribution in [3.05, 3.63) is 108 Å². The number of nitrogens with zero attached hydrogens (tertiary/aromatic N) is 2. The van der Waals surface area contributed by atoms with Crippen molar-refractivity contribution in [2.24, 2.45) is 11.8 Å². The number of amides is 2. The van der Waals surface area contributed by atoms with Crippen LogP contribution in [0.15, 0.2) is 85.1 Å². The van der Waals surface area contributed by atoms with Gasteiger partial charge in [-0.05, 0) is 41.5 Å². The van der Waals surface area contributed by atoms with Crippen molar-refractivity contribution in [3.8, 4) is 0 Å². The summed E-state index contributed by atoms with van der Waals surface area (Å²) in [6.07, 6.45) is 3.75. The predicted molar refractivity (Wildman–Crippen MR) is 120 cm³/mol. The van der Waals surface area contributed by atoms with E-state index in [4.69, 9.17) is 0 Å². The molecule has 0 aliphatic carbocycles. The highest BCUT2D eigenvalue weighted by Crippen LogP contribution is 2.53. The van der Waals surface area contributed by atoms with Crippen molar-refractivity contribution in [3.63, 3.8) is 0 Å². The average molecular weight is 438 g/mol. The Bertz CT molecular complexity index is 1320. The molecule has 0 bridgehead atoms. The lowest BCUT2D eigenvalue weighted by atomic mass is 9.83. The molecule has 6 rings (SSSR count). The smallest absolute Gasteiger partial charge is 0.240 e. The molecular formula is C27H19FN2O3. The van der Waals surface area contributed by atoms with E-state index in [-0.39, 0.29) is 11.7 Å². The SMILES string of the molecule is O=C(c1ccccc1)[C@H]1[C@H]2C(=O)N(c3ccc(F)cc3)C(=O)[C@H]2[C@@H]2c3ccccc3C=CN12. The zero-order valence-corrected chi connectivity index (χ0v) is 17.5. The topological polar surface area (TPSA) is 57.7 Å². The van der Waals surface area contributed by atoms with Gasteiger partial charge >= 0.3 is 0 Å². The van der Waals surface area contributed by atoms with Crippen LogP contribution in [0.2, 0.25) is 0 Å². The molecule has 0 N–H and O–H groups in total. The number of imide groups is 1. The highest BCUT2D eigenvalue weighted by Gasteiger charge is 2.64. The fourth-order valence-corrected chi connectivity index (χ4v) is 5.47. The van der Waals surface area contributed by atoms with E-state index in [1.807, 2.05) is 47.5 Å². The third-order valence-electron chi connectivity index (χ3n) is 6.87. The van der Waals surface area contributed by atoms with Gasteiger partial charge in [0.15, 0.2) is 5.78 Å². The molecule has 162 valence electrons. The molecule has 3 aliphatic rings. The van der Waals surface area contributed by atoms with Crippen molar-refractivity contribution in [2.75, 3.05) is 4.90 Å². The number of fused-ring (bicyclic) bond motifs is 5. The van der Waals surface area contributed by atoms with Crippen LogP contribution in [0, 0.1) is 17.7 Å². The van der Waals surface area contributed by atoms with Crippen molar-refractivity contribution >= 4 is 29.4 Å². The third kappa shape index (κ3) is 2.80. The minimum absolute atomic E-state index is 0.195. The van der Waals surface area contributed by atoms with Crippen LogP contribution in [0.25, 0.3) is 6.08 Å². The standard InChI is InChI=1S/C27H19FN2O3/c28-18-10-12-19(13-11-18)30-26(32)21-22(27(30)33)24(25(31)17-7-2-1-3-8-17)29-15-14-16-6-4-5-9-20(16)23(21)29/h1-15,21-24H/t21-,22+,23+,24-/m1/s1. The first-order valence-electron chi connectivity index (χ1n) is 10.8. The number of ketones is 1. The van der Waals surface area contributed by atoms with Crippen molar-refractivity contribution in [1.82, 2.24) is 4.90 Å². The fraction of sp³-hybridized carbons (Fsp3) is 0.148. The average Bonchev–Trinajstić information content (AvgIpc) is 3.32. The first-order chi connectivity index (χ1) is 16.1. The number of hydrogen-bond acceptors (Lipinski definition) is 4. The molecule has 5 nitrogen and oxygen atoms in total. The second-order valence-electron chi connectivity index (χ2n) is 8.55. The van der Waals surface area contributed by atoms with Gasteiger partial charge in [-0.1, -0.05) is 54.6 Å². The number of Topliss-reactive ketones (excluding diaryl/α,β-unsaturated/α-hetero) is 1. The molecule has 0 radical (unpaired) electrons. The van der Waals surface area contributed by atoms with Gasteiger partial charge in [-0.15, -0.1) is 0 Å². The van der Waals surface area contributed by atoms with Crippen LogP contribution < -0.4 is 4.90 Å². The minimum atomic E-state index is -0.837. The van der Waals surface area contributed by atoms with Crippen LogP contribution in [-0.2, 0) is 9.59 Å². The van der Waals surface area contributed by atoms with Gasteiger partial charge in [0.05, 0.1) is 23.6 Å². The second kappa shape index (κ2) is 7.24. The molecule has 0 unspecified atom stereocenters. The highest BCUT2D eigenvalue weighted by atomic mass is 19.1. The molecule has 3 aliphatic heterocycles. The van der Waals surface area contributed by atoms with Gasteiger partial charge in [-0.2, -0.15) is 0 Å². The molecule has 2 amide bonds. The fourth-order valence-electron chi connectivity index (χ4n) is 5.47. The maximum Gasteiger partial charge on any atom is 0.240 e. The van der Waals surface area contributed by atoms with Crippen LogP contribution in [0.4, 0.5) is 10.1 Å². The summed E-state index contributed by atoms with van der Waals surface area (Å²) < 4.78 is 13.5. The van der Waals surface area contributed by atoms with E-state index in [2.05, 4.69) is 0 Å². The van der Waals surface area contributed by atoms with E-state index in [1.54, 1.807) is 24.3 Å².